The normalized spacial score (nSPS) is 12.7. The number of benzene rings is 2. The number of nitro groups is 1. The smallest absolute Gasteiger partial charge is 0.340 e. The zero-order valence-electron chi connectivity index (χ0n) is 14.3. The maximum Gasteiger partial charge on any atom is 0.340 e. The monoisotopic (exact) mass is 394 g/mol. The topological polar surface area (TPSA) is 116 Å². The van der Waals surface area contributed by atoms with Crippen molar-refractivity contribution < 1.29 is 27.8 Å². The second-order valence-electron chi connectivity index (χ2n) is 5.41. The van der Waals surface area contributed by atoms with Gasteiger partial charge in [-0.3, -0.25) is 19.1 Å². The molecule has 0 bridgehead atoms. The number of hydrogen-bond donors (Lipinski definition) is 1. The highest BCUT2D eigenvalue weighted by Gasteiger charge is 2.23. The highest BCUT2D eigenvalue weighted by atomic mass is 32.2. The largest absolute Gasteiger partial charge is 0.449 e. The number of carbonyl (C=O) groups excluding carboxylic acids is 2. The van der Waals surface area contributed by atoms with Crippen molar-refractivity contribution in [3.8, 4) is 0 Å². The molecule has 2 rings (SSSR count). The van der Waals surface area contributed by atoms with Gasteiger partial charge in [-0.15, -0.1) is 0 Å². The maximum absolute atomic E-state index is 13.3. The van der Waals surface area contributed by atoms with Gasteiger partial charge in [0.25, 0.3) is 5.91 Å². The van der Waals surface area contributed by atoms with E-state index < -0.39 is 45.2 Å². The van der Waals surface area contributed by atoms with Crippen molar-refractivity contribution in [2.45, 2.75) is 17.9 Å². The fourth-order valence-corrected chi connectivity index (χ4v) is 2.87. The minimum absolute atomic E-state index is 0.0222. The molecule has 0 saturated carbocycles. The number of amides is 1. The molecule has 0 fully saturated rings. The Hall–Kier alpha value is -3.14. The Morgan fingerprint density at radius 3 is 2.56 bits per heavy atom. The van der Waals surface area contributed by atoms with Crippen LogP contribution in [0.2, 0.25) is 0 Å². The third-order valence-electron chi connectivity index (χ3n) is 3.48. The molecule has 27 heavy (non-hydrogen) atoms. The van der Waals surface area contributed by atoms with Crippen LogP contribution in [0.25, 0.3) is 0 Å². The third-order valence-corrected chi connectivity index (χ3v) is 4.46. The Kier molecular flexibility index (Phi) is 6.35. The van der Waals surface area contributed by atoms with E-state index in [1.807, 2.05) is 0 Å². The van der Waals surface area contributed by atoms with E-state index >= 15 is 0 Å². The number of rotatable bonds is 6. The number of nitro benzene ring substituents is 1. The molecule has 10 heteroatoms. The first-order valence-corrected chi connectivity index (χ1v) is 9.14. The van der Waals surface area contributed by atoms with Crippen LogP contribution in [0.4, 0.5) is 15.8 Å². The Bertz CT molecular complexity index is 933. The second kappa shape index (κ2) is 8.49. The lowest BCUT2D eigenvalue weighted by Gasteiger charge is -2.14. The van der Waals surface area contributed by atoms with Gasteiger partial charge in [-0.25, -0.2) is 4.79 Å². The van der Waals surface area contributed by atoms with Gasteiger partial charge in [0.05, 0.1) is 26.2 Å². The molecule has 0 radical (unpaired) electrons. The van der Waals surface area contributed by atoms with Gasteiger partial charge >= 0.3 is 11.7 Å². The molecule has 1 N–H and O–H groups in total. The van der Waals surface area contributed by atoms with E-state index in [9.17, 15) is 28.3 Å². The first-order valence-electron chi connectivity index (χ1n) is 7.59. The molecule has 0 aliphatic rings. The van der Waals surface area contributed by atoms with Crippen LogP contribution in [-0.2, 0) is 20.3 Å². The fourth-order valence-electron chi connectivity index (χ4n) is 2.14. The Balaban J connectivity index is 2.10. The van der Waals surface area contributed by atoms with E-state index in [1.165, 1.54) is 25.3 Å². The summed E-state index contributed by atoms with van der Waals surface area (Å²) < 4.78 is 30.1. The number of ether oxygens (including phenoxy) is 1. The average molecular weight is 394 g/mol. The summed E-state index contributed by atoms with van der Waals surface area (Å²) in [4.78, 5) is 34.5. The summed E-state index contributed by atoms with van der Waals surface area (Å²) in [5.74, 6) is -2.64. The quantitative estimate of drug-likeness (QED) is 0.457. The van der Waals surface area contributed by atoms with Crippen LogP contribution in [0.5, 0.6) is 0 Å². The highest BCUT2D eigenvalue weighted by Crippen LogP contribution is 2.22. The molecule has 1 amide bonds. The van der Waals surface area contributed by atoms with Gasteiger partial charge in [0.2, 0.25) is 5.82 Å². The van der Waals surface area contributed by atoms with Crippen LogP contribution in [-0.4, -0.2) is 33.4 Å². The molecule has 0 heterocycles. The first-order chi connectivity index (χ1) is 12.7. The van der Waals surface area contributed by atoms with Crippen LogP contribution in [0.1, 0.15) is 17.3 Å². The van der Waals surface area contributed by atoms with E-state index in [0.29, 0.717) is 0 Å². The predicted molar refractivity (Wildman–Crippen MR) is 95.3 cm³/mol. The summed E-state index contributed by atoms with van der Waals surface area (Å²) in [6.07, 6.45) is 0.156. The molecule has 0 aliphatic heterocycles. The standard InChI is InChI=1S/C17H15FN2O6S/c1-10(26-17(22)12-5-3-4-6-15(12)27(2)25)16(21)19-11-7-8-13(18)14(9-11)20(23)24/h3-10H,1-2H3,(H,19,21)/t10-,27-/m1/s1. The van der Waals surface area contributed by atoms with Crippen LogP contribution in [0.3, 0.4) is 0 Å². The molecule has 0 aromatic heterocycles. The number of nitrogens with zero attached hydrogens (tertiary/aromatic N) is 1. The number of esters is 1. The van der Waals surface area contributed by atoms with Crippen molar-refractivity contribution in [2.75, 3.05) is 11.6 Å². The lowest BCUT2D eigenvalue weighted by molar-refractivity contribution is -0.387. The molecule has 0 aliphatic carbocycles. The van der Waals surface area contributed by atoms with Crippen molar-refractivity contribution in [3.63, 3.8) is 0 Å². The molecular formula is C17H15FN2O6S. The summed E-state index contributed by atoms with van der Waals surface area (Å²) in [5.41, 5.74) is -0.752. The summed E-state index contributed by atoms with van der Waals surface area (Å²) in [5, 5.41) is 13.1. The first kappa shape index (κ1) is 20.2. The van der Waals surface area contributed by atoms with Crippen molar-refractivity contribution in [1.82, 2.24) is 0 Å². The molecule has 2 aromatic rings. The highest BCUT2D eigenvalue weighted by molar-refractivity contribution is 7.84. The number of halogens is 1. The van der Waals surface area contributed by atoms with Crippen molar-refractivity contribution in [1.29, 1.82) is 0 Å². The van der Waals surface area contributed by atoms with Gasteiger partial charge in [-0.1, -0.05) is 12.1 Å². The van der Waals surface area contributed by atoms with Gasteiger partial charge in [0.15, 0.2) is 6.10 Å². The summed E-state index contributed by atoms with van der Waals surface area (Å²) in [7, 11) is -1.43. The lowest BCUT2D eigenvalue weighted by Crippen LogP contribution is -2.30. The molecule has 142 valence electrons. The number of hydrogen-bond acceptors (Lipinski definition) is 6. The lowest BCUT2D eigenvalue weighted by atomic mass is 10.2. The van der Waals surface area contributed by atoms with Gasteiger partial charge < -0.3 is 10.1 Å². The van der Waals surface area contributed by atoms with Crippen LogP contribution in [0, 0.1) is 15.9 Å². The molecule has 0 spiro atoms. The molecule has 2 aromatic carbocycles. The minimum Gasteiger partial charge on any atom is -0.449 e. The van der Waals surface area contributed by atoms with Gasteiger partial charge in [0.1, 0.15) is 0 Å². The third kappa shape index (κ3) is 4.94. The van der Waals surface area contributed by atoms with Gasteiger partial charge in [-0.05, 0) is 31.2 Å². The average Bonchev–Trinajstić information content (AvgIpc) is 2.62. The summed E-state index contributed by atoms with van der Waals surface area (Å²) >= 11 is 0. The van der Waals surface area contributed by atoms with Crippen molar-refractivity contribution in [3.05, 3.63) is 64.0 Å². The predicted octanol–water partition coefficient (Wildman–Crippen LogP) is 2.66. The Labute approximate surface area is 155 Å². The Morgan fingerprint density at radius 2 is 1.93 bits per heavy atom. The van der Waals surface area contributed by atoms with Crippen LogP contribution in [0.15, 0.2) is 47.4 Å². The SMILES string of the molecule is C[C@@H](OC(=O)c1ccccc1[S@@](C)=O)C(=O)Nc1ccc(F)c([N+](=O)[O-])c1. The summed E-state index contributed by atoms with van der Waals surface area (Å²) in [6, 6.07) is 8.96. The van der Waals surface area contributed by atoms with Gasteiger partial charge in [-0.2, -0.15) is 4.39 Å². The maximum atomic E-state index is 13.3. The van der Waals surface area contributed by atoms with Gasteiger partial charge in [0, 0.05) is 18.0 Å². The zero-order valence-corrected chi connectivity index (χ0v) is 15.1. The van der Waals surface area contributed by atoms with Crippen LogP contribution < -0.4 is 5.32 Å². The molecule has 0 unspecified atom stereocenters. The molecule has 0 saturated heterocycles. The minimum atomic E-state index is -1.43. The van der Waals surface area contributed by atoms with Crippen molar-refractivity contribution in [2.24, 2.45) is 0 Å². The van der Waals surface area contributed by atoms with E-state index in [4.69, 9.17) is 4.74 Å². The fraction of sp³-hybridized carbons (Fsp3) is 0.176. The second-order valence-corrected chi connectivity index (χ2v) is 6.76. The van der Waals surface area contributed by atoms with E-state index in [0.717, 1.165) is 18.2 Å². The van der Waals surface area contributed by atoms with E-state index in [-0.39, 0.29) is 16.1 Å². The van der Waals surface area contributed by atoms with E-state index in [1.54, 1.807) is 12.1 Å². The zero-order chi connectivity index (χ0) is 20.1. The summed E-state index contributed by atoms with van der Waals surface area (Å²) in [6.45, 7) is 1.30. The molecule has 8 nitrogen and oxygen atoms in total. The number of nitrogens with one attached hydrogen (secondary N) is 1. The van der Waals surface area contributed by atoms with Crippen molar-refractivity contribution >= 4 is 34.1 Å². The van der Waals surface area contributed by atoms with E-state index in [2.05, 4.69) is 5.32 Å². The van der Waals surface area contributed by atoms with Crippen LogP contribution >= 0.6 is 0 Å². The molecule has 2 atom stereocenters. The Morgan fingerprint density at radius 1 is 1.26 bits per heavy atom. The molecular weight excluding hydrogens is 379 g/mol. The number of anilines is 1. The number of carbonyl (C=O) groups is 2.